The predicted octanol–water partition coefficient (Wildman–Crippen LogP) is 2.40. The molecular weight excluding hydrogens is 360 g/mol. The molecule has 0 bridgehead atoms. The van der Waals surface area contributed by atoms with Crippen molar-refractivity contribution in [1.82, 2.24) is 18.9 Å². The van der Waals surface area contributed by atoms with Crippen LogP contribution in [0.3, 0.4) is 0 Å². The van der Waals surface area contributed by atoms with Crippen LogP contribution in [0.5, 0.6) is 0 Å². The Kier molecular flexibility index (Phi) is 4.05. The molecule has 1 aliphatic carbocycles. The Morgan fingerprint density at radius 2 is 1.93 bits per heavy atom. The molecule has 1 N–H and O–H groups in total. The maximum atomic E-state index is 10.9. The lowest BCUT2D eigenvalue weighted by atomic mass is 9.77. The number of aromatic nitrogens is 4. The maximum Gasteiger partial charge on any atom is 0.238 e. The first-order valence-corrected chi connectivity index (χ1v) is 10.2. The molecule has 0 unspecified atom stereocenters. The summed E-state index contributed by atoms with van der Waals surface area (Å²) in [6.45, 7) is 1.95. The summed E-state index contributed by atoms with van der Waals surface area (Å²) >= 11 is 1.47. The van der Waals surface area contributed by atoms with E-state index in [0.29, 0.717) is 11.8 Å². The number of benzene rings is 1. The lowest BCUT2D eigenvalue weighted by Crippen LogP contribution is -2.36. The van der Waals surface area contributed by atoms with E-state index in [4.69, 9.17) is 0 Å². The van der Waals surface area contributed by atoms with Crippen LogP contribution < -0.4 is 9.80 Å². The van der Waals surface area contributed by atoms with Crippen molar-refractivity contribution in [3.8, 4) is 0 Å². The zero-order valence-corrected chi connectivity index (χ0v) is 16.4. The average Bonchev–Trinajstić information content (AvgIpc) is 3.38. The summed E-state index contributed by atoms with van der Waals surface area (Å²) in [6, 6.07) is 8.25. The molecule has 2 aromatic heterocycles. The number of hydrogen-bond donors (Lipinski definition) is 1. The third-order valence-electron chi connectivity index (χ3n) is 6.02. The van der Waals surface area contributed by atoms with Crippen LogP contribution in [0.25, 0.3) is 11.0 Å². The highest BCUT2D eigenvalue weighted by molar-refractivity contribution is 7.09. The van der Waals surface area contributed by atoms with Crippen LogP contribution in [0.15, 0.2) is 30.6 Å². The molecule has 2 fully saturated rings. The third kappa shape index (κ3) is 2.87. The highest BCUT2D eigenvalue weighted by Gasteiger charge is 2.43. The van der Waals surface area contributed by atoms with Crippen LogP contribution in [0, 0.1) is 11.8 Å². The number of aliphatic hydroxyl groups excluding tert-OH is 1. The minimum absolute atomic E-state index is 0.0883. The van der Waals surface area contributed by atoms with Gasteiger partial charge in [-0.3, -0.25) is 0 Å². The van der Waals surface area contributed by atoms with Crippen LogP contribution in [0.4, 0.5) is 11.1 Å². The maximum absolute atomic E-state index is 10.9. The van der Waals surface area contributed by atoms with Crippen molar-refractivity contribution in [3.05, 3.63) is 30.6 Å². The van der Waals surface area contributed by atoms with Crippen LogP contribution in [0.1, 0.15) is 18.9 Å². The largest absolute Gasteiger partial charge is 0.391 e. The lowest BCUT2D eigenvalue weighted by Gasteiger charge is -2.36. The summed E-state index contributed by atoms with van der Waals surface area (Å²) in [5.74, 6) is 1.84. The van der Waals surface area contributed by atoms with E-state index in [2.05, 4.69) is 29.9 Å². The Morgan fingerprint density at radius 3 is 2.70 bits per heavy atom. The quantitative estimate of drug-likeness (QED) is 0.748. The Bertz CT molecular complexity index is 952. The van der Waals surface area contributed by atoms with Crippen molar-refractivity contribution in [2.45, 2.75) is 25.0 Å². The predicted molar refractivity (Wildman–Crippen MR) is 107 cm³/mol. The summed E-state index contributed by atoms with van der Waals surface area (Å²) in [6.07, 6.45) is 3.36. The molecule has 4 atom stereocenters. The molecule has 1 saturated carbocycles. The van der Waals surface area contributed by atoms with Crippen molar-refractivity contribution in [1.29, 1.82) is 0 Å². The van der Waals surface area contributed by atoms with Gasteiger partial charge in [-0.25, -0.2) is 4.98 Å². The van der Waals surface area contributed by atoms with Gasteiger partial charge >= 0.3 is 0 Å². The molecule has 8 heteroatoms. The van der Waals surface area contributed by atoms with Gasteiger partial charge in [0, 0.05) is 38.7 Å². The molecule has 0 spiro atoms. The minimum Gasteiger partial charge on any atom is -0.391 e. The Balaban J connectivity index is 1.37. The molecule has 27 heavy (non-hydrogen) atoms. The zero-order valence-electron chi connectivity index (χ0n) is 15.6. The first-order valence-electron chi connectivity index (χ1n) is 9.46. The van der Waals surface area contributed by atoms with Gasteiger partial charge < -0.3 is 19.5 Å². The molecule has 3 heterocycles. The first kappa shape index (κ1) is 16.9. The van der Waals surface area contributed by atoms with E-state index in [1.807, 2.05) is 43.5 Å². The first-order chi connectivity index (χ1) is 13.1. The molecule has 7 nitrogen and oxygen atoms in total. The Hall–Kier alpha value is -2.19. The van der Waals surface area contributed by atoms with E-state index in [9.17, 15) is 5.11 Å². The molecule has 142 valence electrons. The van der Waals surface area contributed by atoms with E-state index in [-0.39, 0.29) is 12.1 Å². The van der Waals surface area contributed by atoms with Gasteiger partial charge in [-0.2, -0.15) is 9.36 Å². The second kappa shape index (κ2) is 6.45. The van der Waals surface area contributed by atoms with Crippen LogP contribution >= 0.6 is 11.5 Å². The molecule has 0 amide bonds. The van der Waals surface area contributed by atoms with Crippen molar-refractivity contribution >= 4 is 33.6 Å². The van der Waals surface area contributed by atoms with Gasteiger partial charge in [0.15, 0.2) is 0 Å². The fourth-order valence-corrected chi connectivity index (χ4v) is 5.38. The van der Waals surface area contributed by atoms with E-state index in [1.54, 1.807) is 0 Å². The smallest absolute Gasteiger partial charge is 0.238 e. The monoisotopic (exact) mass is 384 g/mol. The van der Waals surface area contributed by atoms with Crippen LogP contribution in [-0.4, -0.2) is 57.3 Å². The topological polar surface area (TPSA) is 70.3 Å². The molecule has 1 aromatic carbocycles. The summed E-state index contributed by atoms with van der Waals surface area (Å²) in [7, 11) is 3.93. The highest BCUT2D eigenvalue weighted by Crippen LogP contribution is 2.43. The molecule has 1 saturated heterocycles. The molecule has 2 aliphatic rings. The molecule has 0 radical (unpaired) electrons. The van der Waals surface area contributed by atoms with Crippen molar-refractivity contribution in [2.24, 2.45) is 11.8 Å². The summed E-state index contributed by atoms with van der Waals surface area (Å²) < 4.78 is 6.61. The second-order valence-electron chi connectivity index (χ2n) is 7.94. The van der Waals surface area contributed by atoms with Crippen molar-refractivity contribution in [3.63, 3.8) is 0 Å². The fourth-order valence-electron chi connectivity index (χ4n) is 4.62. The SMILES string of the molecule is CN(C)c1nsc(N2C[C@H]3C[C@@H](n4cnc5ccccc54)[C@H](O)C[C@H]3C2)n1. The summed E-state index contributed by atoms with van der Waals surface area (Å²) in [5, 5.41) is 11.9. The van der Waals surface area contributed by atoms with Gasteiger partial charge in [0.2, 0.25) is 11.1 Å². The third-order valence-corrected chi connectivity index (χ3v) is 6.79. The zero-order chi connectivity index (χ0) is 18.5. The van der Waals surface area contributed by atoms with Crippen molar-refractivity contribution in [2.75, 3.05) is 37.0 Å². The average molecular weight is 385 g/mol. The number of rotatable bonds is 3. The molecule has 1 aliphatic heterocycles. The lowest BCUT2D eigenvalue weighted by molar-refractivity contribution is 0.0375. The Morgan fingerprint density at radius 1 is 1.15 bits per heavy atom. The highest BCUT2D eigenvalue weighted by atomic mass is 32.1. The van der Waals surface area contributed by atoms with E-state index < -0.39 is 0 Å². The number of imidazole rings is 1. The molecule has 3 aromatic rings. The summed E-state index contributed by atoms with van der Waals surface area (Å²) in [4.78, 5) is 13.5. The second-order valence-corrected chi connectivity index (χ2v) is 8.67. The normalized spacial score (nSPS) is 27.9. The van der Waals surface area contributed by atoms with Crippen LogP contribution in [0.2, 0.25) is 0 Å². The van der Waals surface area contributed by atoms with Gasteiger partial charge in [0.1, 0.15) is 0 Å². The van der Waals surface area contributed by atoms with Gasteiger partial charge in [-0.05, 0) is 36.8 Å². The van der Waals surface area contributed by atoms with E-state index in [1.165, 1.54) is 11.5 Å². The Labute approximate surface area is 162 Å². The number of hydrogen-bond acceptors (Lipinski definition) is 7. The number of anilines is 2. The summed E-state index contributed by atoms with van der Waals surface area (Å²) in [5.41, 5.74) is 2.10. The van der Waals surface area contributed by atoms with Crippen molar-refractivity contribution < 1.29 is 5.11 Å². The number of aliphatic hydroxyl groups is 1. The van der Waals surface area contributed by atoms with Gasteiger partial charge in [0.05, 0.1) is 29.5 Å². The number of para-hydroxylation sites is 2. The number of nitrogens with zero attached hydrogens (tertiary/aromatic N) is 6. The van der Waals surface area contributed by atoms with Gasteiger partial charge in [-0.15, -0.1) is 0 Å². The standard InChI is InChI=1S/C19H24N6OS/c1-23(2)18-21-19(27-22-18)24-9-12-7-16(17(26)8-13(12)10-24)25-11-20-14-5-3-4-6-15(14)25/h3-6,11-13,16-17,26H,7-10H2,1-2H3/t12-,13+,16-,17-/m1/s1. The van der Waals surface area contributed by atoms with Gasteiger partial charge in [-0.1, -0.05) is 12.1 Å². The molecule has 5 rings (SSSR count). The van der Waals surface area contributed by atoms with E-state index >= 15 is 0 Å². The van der Waals surface area contributed by atoms with Crippen LogP contribution in [-0.2, 0) is 0 Å². The minimum atomic E-state index is -0.337. The van der Waals surface area contributed by atoms with E-state index in [0.717, 1.165) is 48.0 Å². The fraction of sp³-hybridized carbons (Fsp3) is 0.526. The number of fused-ring (bicyclic) bond motifs is 2. The molecular formula is C19H24N6OS. The van der Waals surface area contributed by atoms with Gasteiger partial charge in [0.25, 0.3) is 0 Å².